The molecule has 1 aromatic carbocycles. The Labute approximate surface area is 145 Å². The summed E-state index contributed by atoms with van der Waals surface area (Å²) in [5.41, 5.74) is 0.0660. The van der Waals surface area contributed by atoms with Gasteiger partial charge in [-0.05, 0) is 22.0 Å². The van der Waals surface area contributed by atoms with Crippen LogP contribution < -0.4 is 9.47 Å². The second-order valence-electron chi connectivity index (χ2n) is 4.45. The van der Waals surface area contributed by atoms with Gasteiger partial charge in [0.25, 0.3) is 0 Å². The Hall–Kier alpha value is 0.287. The van der Waals surface area contributed by atoms with Crippen LogP contribution in [0, 0.1) is 5.92 Å². The second kappa shape index (κ2) is 10.1. The van der Waals surface area contributed by atoms with Crippen LogP contribution in [0.4, 0.5) is 0 Å². The van der Waals surface area contributed by atoms with E-state index in [0.717, 1.165) is 5.92 Å². The fourth-order valence-corrected chi connectivity index (χ4v) is 2.47. The van der Waals surface area contributed by atoms with Crippen LogP contribution in [0.2, 0.25) is 10.1 Å². The van der Waals surface area contributed by atoms with Crippen molar-refractivity contribution in [1.29, 1.82) is 0 Å². The zero-order chi connectivity index (χ0) is 15.9. The number of halogens is 2. The Balaban J connectivity index is 0.000000621. The molecule has 0 aromatic heterocycles. The normalized spacial score (nSPS) is 9.90. The molecule has 1 atom stereocenters. The van der Waals surface area contributed by atoms with E-state index in [9.17, 15) is 4.79 Å². The Morgan fingerprint density at radius 3 is 2.15 bits per heavy atom. The molecule has 0 amide bonds. The van der Waals surface area contributed by atoms with E-state index in [-0.39, 0.29) is 5.52 Å². The number of hydrogen-bond donors (Lipinski definition) is 0. The summed E-state index contributed by atoms with van der Waals surface area (Å²) < 4.78 is 10.8. The summed E-state index contributed by atoms with van der Waals surface area (Å²) in [7, 11) is 4.99. The maximum absolute atomic E-state index is 11.4. The molecule has 1 rings (SSSR count). The van der Waals surface area contributed by atoms with Crippen molar-refractivity contribution < 1.29 is 14.3 Å². The molecule has 0 bridgehead atoms. The summed E-state index contributed by atoms with van der Waals surface area (Å²) >= 11 is 11.4. The molecular weight excluding hydrogens is 357 g/mol. The molecule has 0 aliphatic rings. The average molecular weight is 376 g/mol. The first-order valence-corrected chi connectivity index (χ1v) is 7.94. The van der Waals surface area contributed by atoms with Gasteiger partial charge >= 0.3 is 42.6 Å². The van der Waals surface area contributed by atoms with Crippen LogP contribution in [0.1, 0.15) is 24.2 Å². The van der Waals surface area contributed by atoms with Gasteiger partial charge in [0.1, 0.15) is 11.3 Å². The van der Waals surface area contributed by atoms with Gasteiger partial charge in [-0.3, -0.25) is 4.79 Å². The number of ether oxygens (including phenoxy) is 2. The molecule has 108 valence electrons. The van der Waals surface area contributed by atoms with Crippen LogP contribution in [0.25, 0.3) is 0 Å². The molecule has 0 fully saturated rings. The topological polar surface area (TPSA) is 35.5 Å². The molecule has 0 N–H and O–H groups in total. The molecule has 7 heteroatoms. The summed E-state index contributed by atoms with van der Waals surface area (Å²) in [4.78, 5) is 11.4. The molecular formula is C13H18BrClLiO3P. The summed E-state index contributed by atoms with van der Waals surface area (Å²) in [6.07, 6.45) is 0. The molecule has 1 unspecified atom stereocenters. The van der Waals surface area contributed by atoms with E-state index in [2.05, 4.69) is 56.7 Å². The number of methoxy groups -OCH3 is 2. The third kappa shape index (κ3) is 5.96. The standard InChI is InChI=1S/C9H9BrClO3P.C4H9.Li/c1-13-7-4(10)3-5(11)8(14-2)6(7)9(12)15;1-4(2)3;/h3H,15H2,1-2H3;4H,1H2,2-3H3;. The number of carbonyl (C=O) groups is 1. The van der Waals surface area contributed by atoms with Crippen molar-refractivity contribution in [3.8, 4) is 11.5 Å². The minimum atomic E-state index is -0.244. The number of rotatable bonds is 4. The van der Waals surface area contributed by atoms with Crippen molar-refractivity contribution in [3.05, 3.63) is 21.1 Å². The molecule has 0 saturated heterocycles. The summed E-state index contributed by atoms with van der Waals surface area (Å²) in [5.74, 6) is 1.61. The number of carbonyl (C=O) groups excluding carboxylic acids is 1. The van der Waals surface area contributed by atoms with Crippen molar-refractivity contribution in [2.75, 3.05) is 14.2 Å². The molecule has 0 aliphatic heterocycles. The Morgan fingerprint density at radius 2 is 1.85 bits per heavy atom. The van der Waals surface area contributed by atoms with Gasteiger partial charge in [0.15, 0.2) is 11.3 Å². The van der Waals surface area contributed by atoms with Gasteiger partial charge in [0, 0.05) is 0 Å². The van der Waals surface area contributed by atoms with E-state index in [1.54, 1.807) is 6.07 Å². The molecule has 3 nitrogen and oxygen atoms in total. The van der Waals surface area contributed by atoms with E-state index in [0.29, 0.717) is 26.6 Å². The Kier molecular flexibility index (Phi) is 10.2. The fourth-order valence-electron chi connectivity index (χ4n) is 1.21. The Bertz CT molecular complexity index is 441. The van der Waals surface area contributed by atoms with Crippen molar-refractivity contribution in [2.45, 2.75) is 18.9 Å². The van der Waals surface area contributed by atoms with Crippen LogP contribution in [-0.2, 0) is 0 Å². The third-order valence-electron chi connectivity index (χ3n) is 2.61. The molecule has 0 aliphatic carbocycles. The molecule has 1 aromatic rings. The molecule has 0 saturated carbocycles. The molecule has 0 radical (unpaired) electrons. The minimum absolute atomic E-state index is 0.244. The third-order valence-corrected chi connectivity index (χ3v) is 3.77. The predicted octanol–water partition coefficient (Wildman–Crippen LogP) is 4.36. The van der Waals surface area contributed by atoms with Crippen LogP contribution in [-0.4, -0.2) is 37.5 Å². The zero-order valence-electron chi connectivity index (χ0n) is 12.4. The van der Waals surface area contributed by atoms with Crippen molar-refractivity contribution in [2.24, 2.45) is 5.92 Å². The first-order chi connectivity index (χ1) is 9.29. The van der Waals surface area contributed by atoms with E-state index >= 15 is 0 Å². The Morgan fingerprint density at radius 1 is 1.40 bits per heavy atom. The van der Waals surface area contributed by atoms with Crippen molar-refractivity contribution in [3.63, 3.8) is 0 Å². The SMILES string of the molecule is COc1c(Cl)cc(Br)c(OC)c1C(=O)P.[Li][CH2]C(C)C. The van der Waals surface area contributed by atoms with E-state index in [4.69, 9.17) is 21.1 Å². The summed E-state index contributed by atoms with van der Waals surface area (Å²) in [5, 5.41) is 1.66. The van der Waals surface area contributed by atoms with Gasteiger partial charge in [-0.25, -0.2) is 0 Å². The van der Waals surface area contributed by atoms with E-state index in [1.807, 2.05) is 0 Å². The van der Waals surface area contributed by atoms with Gasteiger partial charge in [-0.1, -0.05) is 20.8 Å². The van der Waals surface area contributed by atoms with E-state index in [1.165, 1.54) is 19.3 Å². The predicted molar refractivity (Wildman–Crippen MR) is 91.7 cm³/mol. The first-order valence-electron chi connectivity index (χ1n) is 6.19. The monoisotopic (exact) mass is 374 g/mol. The van der Waals surface area contributed by atoms with E-state index < -0.39 is 0 Å². The molecule has 20 heavy (non-hydrogen) atoms. The number of benzene rings is 1. The average Bonchev–Trinajstić information content (AvgIpc) is 2.38. The van der Waals surface area contributed by atoms with Gasteiger partial charge in [0.2, 0.25) is 0 Å². The van der Waals surface area contributed by atoms with Gasteiger partial charge in [-0.2, -0.15) is 0 Å². The molecule has 0 spiro atoms. The molecule has 0 heterocycles. The zero-order valence-corrected chi connectivity index (χ0v) is 15.9. The van der Waals surface area contributed by atoms with Gasteiger partial charge in [-0.15, -0.1) is 0 Å². The fraction of sp³-hybridized carbons (Fsp3) is 0.462. The van der Waals surface area contributed by atoms with Crippen LogP contribution in [0.5, 0.6) is 11.5 Å². The first kappa shape index (κ1) is 20.3. The van der Waals surface area contributed by atoms with Gasteiger partial charge < -0.3 is 9.47 Å². The van der Waals surface area contributed by atoms with Crippen LogP contribution in [0.3, 0.4) is 0 Å². The van der Waals surface area contributed by atoms with Crippen molar-refractivity contribution >= 4 is 60.0 Å². The van der Waals surface area contributed by atoms with Crippen LogP contribution in [0.15, 0.2) is 10.5 Å². The summed E-state index contributed by atoms with van der Waals surface area (Å²) in [6.45, 7) is 4.44. The maximum atomic E-state index is 11.4. The van der Waals surface area contributed by atoms with Crippen LogP contribution >= 0.6 is 36.8 Å². The quantitative estimate of drug-likeness (QED) is 0.579. The van der Waals surface area contributed by atoms with Gasteiger partial charge in [0.05, 0.1) is 23.7 Å². The number of hydrogen-bond acceptors (Lipinski definition) is 3. The summed E-state index contributed by atoms with van der Waals surface area (Å²) in [6, 6.07) is 1.62. The second-order valence-corrected chi connectivity index (χ2v) is 6.23. The van der Waals surface area contributed by atoms with Crippen molar-refractivity contribution in [1.82, 2.24) is 0 Å².